The average molecular weight is 375 g/mol. The van der Waals surface area contributed by atoms with Crippen molar-refractivity contribution in [2.45, 2.75) is 32.8 Å². The zero-order valence-electron chi connectivity index (χ0n) is 16.0. The molecule has 3 aromatic carbocycles. The van der Waals surface area contributed by atoms with E-state index in [1.807, 2.05) is 84.9 Å². The van der Waals surface area contributed by atoms with E-state index in [0.29, 0.717) is 25.5 Å². The van der Waals surface area contributed by atoms with Gasteiger partial charge in [-0.1, -0.05) is 72.8 Å². The number of rotatable bonds is 9. The van der Waals surface area contributed by atoms with Crippen molar-refractivity contribution in [3.05, 3.63) is 102 Å². The van der Waals surface area contributed by atoms with E-state index in [4.69, 9.17) is 9.47 Å². The standard InChI is InChI=1S/C24H25NO3/c1-19(28-23-13-6-3-7-14-23)24(26)25-16-21-11-8-12-22(15-21)18-27-17-20-9-4-2-5-10-20/h2-15,19H,16-18H2,1H3,(H,25,26). The van der Waals surface area contributed by atoms with Crippen LogP contribution in [0.25, 0.3) is 0 Å². The molecule has 144 valence electrons. The molecule has 1 unspecified atom stereocenters. The molecule has 3 rings (SSSR count). The number of hydrogen-bond donors (Lipinski definition) is 1. The predicted molar refractivity (Wildman–Crippen MR) is 110 cm³/mol. The van der Waals surface area contributed by atoms with E-state index in [-0.39, 0.29) is 5.91 Å². The summed E-state index contributed by atoms with van der Waals surface area (Å²) in [7, 11) is 0. The van der Waals surface area contributed by atoms with Crippen molar-refractivity contribution in [2.24, 2.45) is 0 Å². The van der Waals surface area contributed by atoms with Crippen LogP contribution < -0.4 is 10.1 Å². The van der Waals surface area contributed by atoms with E-state index < -0.39 is 6.10 Å². The first kappa shape index (κ1) is 19.6. The minimum Gasteiger partial charge on any atom is -0.481 e. The van der Waals surface area contributed by atoms with Gasteiger partial charge in [0.25, 0.3) is 5.91 Å². The quantitative estimate of drug-likeness (QED) is 0.600. The Morgan fingerprint density at radius 2 is 1.43 bits per heavy atom. The lowest BCUT2D eigenvalue weighted by molar-refractivity contribution is -0.127. The minimum absolute atomic E-state index is 0.144. The molecule has 0 fully saturated rings. The van der Waals surface area contributed by atoms with E-state index in [0.717, 1.165) is 16.7 Å². The van der Waals surface area contributed by atoms with Crippen LogP contribution in [0, 0.1) is 0 Å². The molecule has 0 aliphatic heterocycles. The Labute approximate surface area is 166 Å². The normalized spacial score (nSPS) is 11.6. The predicted octanol–water partition coefficient (Wildman–Crippen LogP) is 4.49. The van der Waals surface area contributed by atoms with Crippen molar-refractivity contribution in [2.75, 3.05) is 0 Å². The fourth-order valence-electron chi connectivity index (χ4n) is 2.78. The highest BCUT2D eigenvalue weighted by Crippen LogP contribution is 2.12. The second-order valence-corrected chi connectivity index (χ2v) is 6.59. The number of ether oxygens (including phenoxy) is 2. The second kappa shape index (κ2) is 10.3. The minimum atomic E-state index is -0.556. The van der Waals surface area contributed by atoms with Gasteiger partial charge < -0.3 is 14.8 Å². The Morgan fingerprint density at radius 1 is 0.821 bits per heavy atom. The van der Waals surface area contributed by atoms with Crippen molar-refractivity contribution >= 4 is 5.91 Å². The molecule has 1 N–H and O–H groups in total. The number of para-hydroxylation sites is 1. The number of nitrogens with one attached hydrogen (secondary N) is 1. The van der Waals surface area contributed by atoms with Crippen LogP contribution in [-0.4, -0.2) is 12.0 Å². The lowest BCUT2D eigenvalue weighted by atomic mass is 10.1. The molecule has 4 nitrogen and oxygen atoms in total. The van der Waals surface area contributed by atoms with E-state index in [1.165, 1.54) is 0 Å². The summed E-state index contributed by atoms with van der Waals surface area (Å²) in [6.07, 6.45) is -0.556. The van der Waals surface area contributed by atoms with Crippen LogP contribution >= 0.6 is 0 Å². The Kier molecular flexibility index (Phi) is 7.21. The zero-order valence-corrected chi connectivity index (χ0v) is 16.0. The topological polar surface area (TPSA) is 47.6 Å². The van der Waals surface area contributed by atoms with Gasteiger partial charge in [0, 0.05) is 6.54 Å². The van der Waals surface area contributed by atoms with Crippen LogP contribution in [0.2, 0.25) is 0 Å². The van der Waals surface area contributed by atoms with E-state index >= 15 is 0 Å². The average Bonchev–Trinajstić information content (AvgIpc) is 2.74. The monoisotopic (exact) mass is 375 g/mol. The molecule has 0 radical (unpaired) electrons. The maximum Gasteiger partial charge on any atom is 0.261 e. The van der Waals surface area contributed by atoms with Gasteiger partial charge in [-0.25, -0.2) is 0 Å². The van der Waals surface area contributed by atoms with Gasteiger partial charge >= 0.3 is 0 Å². The van der Waals surface area contributed by atoms with Gasteiger partial charge in [-0.3, -0.25) is 4.79 Å². The van der Waals surface area contributed by atoms with Gasteiger partial charge in [-0.05, 0) is 35.7 Å². The first-order valence-electron chi connectivity index (χ1n) is 9.39. The molecule has 1 atom stereocenters. The molecule has 0 aliphatic carbocycles. The summed E-state index contributed by atoms with van der Waals surface area (Å²) >= 11 is 0. The Hall–Kier alpha value is -3.11. The van der Waals surface area contributed by atoms with Crippen molar-refractivity contribution in [1.29, 1.82) is 0 Å². The maximum atomic E-state index is 12.3. The van der Waals surface area contributed by atoms with Crippen LogP contribution in [-0.2, 0) is 29.3 Å². The van der Waals surface area contributed by atoms with E-state index in [9.17, 15) is 4.79 Å². The van der Waals surface area contributed by atoms with Crippen molar-refractivity contribution < 1.29 is 14.3 Å². The number of amides is 1. The van der Waals surface area contributed by atoms with Crippen LogP contribution in [0.15, 0.2) is 84.9 Å². The first-order valence-corrected chi connectivity index (χ1v) is 9.39. The second-order valence-electron chi connectivity index (χ2n) is 6.59. The summed E-state index contributed by atoms with van der Waals surface area (Å²) in [6, 6.07) is 27.5. The van der Waals surface area contributed by atoms with Crippen LogP contribution in [0.5, 0.6) is 5.75 Å². The lowest BCUT2D eigenvalue weighted by Crippen LogP contribution is -2.35. The molecule has 1 amide bonds. The molecule has 0 spiro atoms. The van der Waals surface area contributed by atoms with Gasteiger partial charge in [0.05, 0.1) is 13.2 Å². The number of carbonyl (C=O) groups excluding carboxylic acids is 1. The summed E-state index contributed by atoms with van der Waals surface area (Å²) in [6.45, 7) is 3.31. The van der Waals surface area contributed by atoms with Gasteiger partial charge in [0.15, 0.2) is 6.10 Å². The summed E-state index contributed by atoms with van der Waals surface area (Å²) in [4.78, 5) is 12.3. The number of benzene rings is 3. The molecule has 28 heavy (non-hydrogen) atoms. The molecule has 0 saturated heterocycles. The third-order valence-electron chi connectivity index (χ3n) is 4.26. The fourth-order valence-corrected chi connectivity index (χ4v) is 2.78. The molecule has 0 bridgehead atoms. The Balaban J connectivity index is 1.45. The Bertz CT molecular complexity index is 865. The highest BCUT2D eigenvalue weighted by atomic mass is 16.5. The van der Waals surface area contributed by atoms with Crippen molar-refractivity contribution in [3.63, 3.8) is 0 Å². The number of carbonyl (C=O) groups is 1. The lowest BCUT2D eigenvalue weighted by Gasteiger charge is -2.15. The molecule has 0 heterocycles. The van der Waals surface area contributed by atoms with Crippen LogP contribution in [0.4, 0.5) is 0 Å². The highest BCUT2D eigenvalue weighted by Gasteiger charge is 2.14. The largest absolute Gasteiger partial charge is 0.481 e. The molecular weight excluding hydrogens is 350 g/mol. The summed E-state index contributed by atoms with van der Waals surface area (Å²) in [5, 5.41) is 2.92. The van der Waals surface area contributed by atoms with Gasteiger partial charge in [0.2, 0.25) is 0 Å². The fraction of sp³-hybridized carbons (Fsp3) is 0.208. The highest BCUT2D eigenvalue weighted by molar-refractivity contribution is 5.80. The third kappa shape index (κ3) is 6.25. The van der Waals surface area contributed by atoms with Crippen molar-refractivity contribution in [1.82, 2.24) is 5.32 Å². The Morgan fingerprint density at radius 3 is 2.18 bits per heavy atom. The molecule has 0 saturated carbocycles. The third-order valence-corrected chi connectivity index (χ3v) is 4.26. The van der Waals surface area contributed by atoms with E-state index in [1.54, 1.807) is 6.92 Å². The number of hydrogen-bond acceptors (Lipinski definition) is 3. The van der Waals surface area contributed by atoms with Crippen LogP contribution in [0.3, 0.4) is 0 Å². The molecular formula is C24H25NO3. The summed E-state index contributed by atoms with van der Waals surface area (Å²) in [5.41, 5.74) is 3.26. The first-order chi connectivity index (χ1) is 13.7. The van der Waals surface area contributed by atoms with Gasteiger partial charge in [0.1, 0.15) is 5.75 Å². The SMILES string of the molecule is CC(Oc1ccccc1)C(=O)NCc1cccc(COCc2ccccc2)c1. The molecule has 3 aromatic rings. The molecule has 4 heteroatoms. The van der Waals surface area contributed by atoms with Crippen molar-refractivity contribution in [3.8, 4) is 5.75 Å². The van der Waals surface area contributed by atoms with Gasteiger partial charge in [-0.2, -0.15) is 0 Å². The molecule has 0 aliphatic rings. The summed E-state index contributed by atoms with van der Waals surface area (Å²) < 4.78 is 11.4. The van der Waals surface area contributed by atoms with Gasteiger partial charge in [-0.15, -0.1) is 0 Å². The summed E-state index contributed by atoms with van der Waals surface area (Å²) in [5.74, 6) is 0.539. The smallest absolute Gasteiger partial charge is 0.261 e. The van der Waals surface area contributed by atoms with E-state index in [2.05, 4.69) is 5.32 Å². The zero-order chi connectivity index (χ0) is 19.6. The van der Waals surface area contributed by atoms with Crippen LogP contribution in [0.1, 0.15) is 23.6 Å². The molecule has 0 aromatic heterocycles. The maximum absolute atomic E-state index is 12.3.